The van der Waals surface area contributed by atoms with Crippen LogP contribution in [0.2, 0.25) is 0 Å². The molecule has 0 unspecified atom stereocenters. The van der Waals surface area contributed by atoms with Crippen LogP contribution in [0.25, 0.3) is 0 Å². The third-order valence-corrected chi connectivity index (χ3v) is 5.00. The van der Waals surface area contributed by atoms with Gasteiger partial charge < -0.3 is 10.1 Å². The lowest BCUT2D eigenvalue weighted by atomic mass is 9.89. The molecule has 0 fully saturated rings. The number of para-hydroxylation sites is 1. The number of nitrogens with one attached hydrogen (secondary N) is 1. The lowest BCUT2D eigenvalue weighted by molar-refractivity contribution is -0.128. The van der Waals surface area contributed by atoms with Gasteiger partial charge in [-0.25, -0.2) is 4.39 Å². The van der Waals surface area contributed by atoms with E-state index in [0.29, 0.717) is 6.42 Å². The Labute approximate surface area is 154 Å². The van der Waals surface area contributed by atoms with Crippen molar-refractivity contribution < 1.29 is 13.9 Å². The summed E-state index contributed by atoms with van der Waals surface area (Å²) in [6.45, 7) is 3.83. The predicted molar refractivity (Wildman–Crippen MR) is 101 cm³/mol. The molecule has 0 spiro atoms. The summed E-state index contributed by atoms with van der Waals surface area (Å²) in [6, 6.07) is 12.5. The van der Waals surface area contributed by atoms with Gasteiger partial charge >= 0.3 is 0 Å². The van der Waals surface area contributed by atoms with E-state index in [9.17, 15) is 9.18 Å². The Kier molecular flexibility index (Phi) is 5.92. The second-order valence-corrected chi connectivity index (χ2v) is 6.91. The second kappa shape index (κ2) is 8.35. The molecule has 0 saturated heterocycles. The van der Waals surface area contributed by atoms with Gasteiger partial charge in [0.05, 0.1) is 6.04 Å². The first-order valence-electron chi connectivity index (χ1n) is 9.41. The molecular weight excluding hydrogens is 329 g/mol. The number of amides is 1. The molecule has 2 aromatic carbocycles. The maximum atomic E-state index is 13.8. The summed E-state index contributed by atoms with van der Waals surface area (Å²) in [5, 5.41) is 3.01. The number of fused-ring (bicyclic) bond motifs is 1. The molecular formula is C22H26FNO2. The predicted octanol–water partition coefficient (Wildman–Crippen LogP) is 4.74. The number of benzene rings is 2. The normalized spacial score (nSPS) is 15.7. The van der Waals surface area contributed by atoms with Crippen LogP contribution in [0.15, 0.2) is 42.5 Å². The topological polar surface area (TPSA) is 38.3 Å². The summed E-state index contributed by atoms with van der Waals surface area (Å²) in [5.74, 6) is -0.571. The van der Waals surface area contributed by atoms with Crippen LogP contribution in [0.4, 0.5) is 4.39 Å². The molecule has 2 atom stereocenters. The Morgan fingerprint density at radius 2 is 1.88 bits per heavy atom. The van der Waals surface area contributed by atoms with E-state index in [1.54, 1.807) is 12.1 Å². The third kappa shape index (κ3) is 4.24. The maximum Gasteiger partial charge on any atom is 0.261 e. The first kappa shape index (κ1) is 18.4. The fourth-order valence-electron chi connectivity index (χ4n) is 3.43. The molecule has 0 bridgehead atoms. The van der Waals surface area contributed by atoms with Gasteiger partial charge in [0.2, 0.25) is 0 Å². The Hall–Kier alpha value is -2.36. The number of aryl methyl sites for hydroxylation is 2. The molecule has 2 aromatic rings. The molecule has 0 radical (unpaired) electrons. The zero-order chi connectivity index (χ0) is 18.5. The van der Waals surface area contributed by atoms with Crippen molar-refractivity contribution in [3.05, 3.63) is 65.0 Å². The summed E-state index contributed by atoms with van der Waals surface area (Å²) < 4.78 is 19.4. The van der Waals surface area contributed by atoms with Gasteiger partial charge in [0.1, 0.15) is 0 Å². The molecule has 138 valence electrons. The van der Waals surface area contributed by atoms with Gasteiger partial charge in [-0.05, 0) is 67.9 Å². The van der Waals surface area contributed by atoms with E-state index in [2.05, 4.69) is 23.5 Å². The summed E-state index contributed by atoms with van der Waals surface area (Å²) >= 11 is 0. The summed E-state index contributed by atoms with van der Waals surface area (Å²) in [6.07, 6.45) is 4.49. The Balaban J connectivity index is 1.66. The van der Waals surface area contributed by atoms with Crippen molar-refractivity contribution in [3.8, 4) is 5.75 Å². The lowest BCUT2D eigenvalue weighted by Gasteiger charge is -2.23. The van der Waals surface area contributed by atoms with Crippen LogP contribution in [-0.4, -0.2) is 12.0 Å². The molecule has 3 rings (SSSR count). The van der Waals surface area contributed by atoms with E-state index in [0.717, 1.165) is 18.4 Å². The van der Waals surface area contributed by atoms with E-state index in [4.69, 9.17) is 4.74 Å². The van der Waals surface area contributed by atoms with Crippen LogP contribution >= 0.6 is 0 Å². The van der Waals surface area contributed by atoms with Gasteiger partial charge in [-0.15, -0.1) is 0 Å². The lowest BCUT2D eigenvalue weighted by Crippen LogP contribution is -2.39. The minimum absolute atomic E-state index is 0.107. The van der Waals surface area contributed by atoms with E-state index >= 15 is 0 Å². The van der Waals surface area contributed by atoms with Crippen LogP contribution in [0, 0.1) is 5.82 Å². The molecule has 0 heterocycles. The minimum Gasteiger partial charge on any atom is -0.478 e. The zero-order valence-corrected chi connectivity index (χ0v) is 15.4. The third-order valence-electron chi connectivity index (χ3n) is 5.00. The molecule has 1 aliphatic carbocycles. The Morgan fingerprint density at radius 3 is 2.62 bits per heavy atom. The first-order chi connectivity index (χ1) is 12.6. The number of hydrogen-bond donors (Lipinski definition) is 1. The smallest absolute Gasteiger partial charge is 0.261 e. The van der Waals surface area contributed by atoms with Gasteiger partial charge in [-0.2, -0.15) is 0 Å². The number of ether oxygens (including phenoxy) is 1. The molecule has 1 N–H and O–H groups in total. The molecule has 1 aliphatic rings. The second-order valence-electron chi connectivity index (χ2n) is 6.91. The standard InChI is InChI=1S/C22H26FNO2/c1-3-20(26-21-11-7-6-10-19(21)23)22(25)24-15(2)17-13-12-16-8-4-5-9-18(16)14-17/h6-7,10-15,20H,3-5,8-9H2,1-2H3,(H,24,25)/t15-,20+/m1/s1. The van der Waals surface area contributed by atoms with Crippen molar-refractivity contribution in [2.75, 3.05) is 0 Å². The molecule has 0 aliphatic heterocycles. The average Bonchev–Trinajstić information content (AvgIpc) is 2.66. The number of rotatable bonds is 6. The van der Waals surface area contributed by atoms with Crippen LogP contribution < -0.4 is 10.1 Å². The van der Waals surface area contributed by atoms with Gasteiger partial charge in [0.25, 0.3) is 5.91 Å². The highest BCUT2D eigenvalue weighted by Crippen LogP contribution is 2.25. The first-order valence-corrected chi connectivity index (χ1v) is 9.41. The van der Waals surface area contributed by atoms with Gasteiger partial charge in [-0.1, -0.05) is 37.3 Å². The van der Waals surface area contributed by atoms with Crippen molar-refractivity contribution in [2.45, 2.75) is 58.1 Å². The number of carbonyl (C=O) groups excluding carboxylic acids is 1. The van der Waals surface area contributed by atoms with Crippen LogP contribution in [0.1, 0.15) is 55.8 Å². The summed E-state index contributed by atoms with van der Waals surface area (Å²) in [4.78, 5) is 12.6. The summed E-state index contributed by atoms with van der Waals surface area (Å²) in [5.41, 5.74) is 3.91. The van der Waals surface area contributed by atoms with E-state index in [1.165, 1.54) is 36.1 Å². The molecule has 1 amide bonds. The zero-order valence-electron chi connectivity index (χ0n) is 15.4. The number of hydrogen-bond acceptors (Lipinski definition) is 2. The highest BCUT2D eigenvalue weighted by molar-refractivity contribution is 5.81. The van der Waals surface area contributed by atoms with Gasteiger partial charge in [0, 0.05) is 0 Å². The quantitative estimate of drug-likeness (QED) is 0.813. The van der Waals surface area contributed by atoms with E-state index in [-0.39, 0.29) is 17.7 Å². The molecule has 0 aromatic heterocycles. The number of halogens is 1. The van der Waals surface area contributed by atoms with Crippen LogP contribution in [0.3, 0.4) is 0 Å². The largest absolute Gasteiger partial charge is 0.478 e. The van der Waals surface area contributed by atoms with Gasteiger partial charge in [0.15, 0.2) is 17.7 Å². The van der Waals surface area contributed by atoms with Crippen LogP contribution in [0.5, 0.6) is 5.75 Å². The van der Waals surface area contributed by atoms with Crippen molar-refractivity contribution in [2.24, 2.45) is 0 Å². The SMILES string of the molecule is CC[C@H](Oc1ccccc1F)C(=O)N[C@H](C)c1ccc2c(c1)CCCC2. The van der Waals surface area contributed by atoms with Crippen LogP contribution in [-0.2, 0) is 17.6 Å². The fourth-order valence-corrected chi connectivity index (χ4v) is 3.43. The van der Waals surface area contributed by atoms with Crippen molar-refractivity contribution in [1.29, 1.82) is 0 Å². The van der Waals surface area contributed by atoms with E-state index < -0.39 is 11.9 Å². The molecule has 26 heavy (non-hydrogen) atoms. The Morgan fingerprint density at radius 1 is 1.15 bits per heavy atom. The van der Waals surface area contributed by atoms with E-state index in [1.807, 2.05) is 13.8 Å². The average molecular weight is 355 g/mol. The molecule has 3 nitrogen and oxygen atoms in total. The highest BCUT2D eigenvalue weighted by atomic mass is 19.1. The number of carbonyl (C=O) groups is 1. The summed E-state index contributed by atoms with van der Waals surface area (Å²) in [7, 11) is 0. The van der Waals surface area contributed by atoms with Crippen molar-refractivity contribution in [1.82, 2.24) is 5.32 Å². The maximum absolute atomic E-state index is 13.8. The minimum atomic E-state index is -0.716. The Bertz CT molecular complexity index is 774. The highest BCUT2D eigenvalue weighted by Gasteiger charge is 2.22. The van der Waals surface area contributed by atoms with Crippen molar-refractivity contribution in [3.63, 3.8) is 0 Å². The van der Waals surface area contributed by atoms with Crippen molar-refractivity contribution >= 4 is 5.91 Å². The molecule has 0 saturated carbocycles. The monoisotopic (exact) mass is 355 g/mol. The molecule has 4 heteroatoms. The fraction of sp³-hybridized carbons (Fsp3) is 0.409. The van der Waals surface area contributed by atoms with Gasteiger partial charge in [-0.3, -0.25) is 4.79 Å².